The van der Waals surface area contributed by atoms with Crippen LogP contribution in [-0.2, 0) is 0 Å². The van der Waals surface area contributed by atoms with Gasteiger partial charge in [-0.1, -0.05) is 22.0 Å². The molecule has 1 aliphatic heterocycles. The smallest absolute Gasteiger partial charge is 0.259 e. The first kappa shape index (κ1) is 16.3. The normalized spacial score (nSPS) is 15.1. The van der Waals surface area contributed by atoms with E-state index < -0.39 is 0 Å². The van der Waals surface area contributed by atoms with Gasteiger partial charge < -0.3 is 9.64 Å². The van der Waals surface area contributed by atoms with Crippen molar-refractivity contribution >= 4 is 33.6 Å². The molecular formula is C17H17BrN2O2S. The number of ether oxygens (including phenoxy) is 1. The summed E-state index contributed by atoms with van der Waals surface area (Å²) in [7, 11) is 0. The summed E-state index contributed by atoms with van der Waals surface area (Å²) in [5.74, 6) is 3.09. The fraction of sp³-hybridized carbons (Fsp3) is 0.294. The van der Waals surface area contributed by atoms with Gasteiger partial charge in [0.1, 0.15) is 11.3 Å². The van der Waals surface area contributed by atoms with Crippen LogP contribution in [-0.4, -0.2) is 40.4 Å². The minimum Gasteiger partial charge on any atom is -0.438 e. The largest absolute Gasteiger partial charge is 0.438 e. The molecule has 2 heterocycles. The highest BCUT2D eigenvalue weighted by atomic mass is 79.9. The van der Waals surface area contributed by atoms with E-state index in [-0.39, 0.29) is 5.91 Å². The lowest BCUT2D eigenvalue weighted by Gasteiger charge is -2.21. The van der Waals surface area contributed by atoms with Crippen LogP contribution in [0.15, 0.2) is 47.1 Å². The second-order valence-electron chi connectivity index (χ2n) is 5.17. The summed E-state index contributed by atoms with van der Waals surface area (Å²) in [4.78, 5) is 19.0. The van der Waals surface area contributed by atoms with Gasteiger partial charge in [0.05, 0.1) is 0 Å². The van der Waals surface area contributed by atoms with E-state index in [1.165, 1.54) is 0 Å². The maximum atomic E-state index is 12.8. The first-order valence-corrected chi connectivity index (χ1v) is 9.44. The minimum absolute atomic E-state index is 0.00871. The van der Waals surface area contributed by atoms with Gasteiger partial charge in [0.2, 0.25) is 5.88 Å². The highest BCUT2D eigenvalue weighted by molar-refractivity contribution is 9.10. The summed E-state index contributed by atoms with van der Waals surface area (Å²) in [6.07, 6.45) is 2.67. The molecule has 1 aliphatic rings. The van der Waals surface area contributed by atoms with Crippen molar-refractivity contribution in [2.24, 2.45) is 0 Å². The molecule has 1 amide bonds. The molecule has 3 rings (SSSR count). The fourth-order valence-corrected chi connectivity index (χ4v) is 3.66. The van der Waals surface area contributed by atoms with Crippen LogP contribution >= 0.6 is 27.7 Å². The topological polar surface area (TPSA) is 42.4 Å². The first-order valence-electron chi connectivity index (χ1n) is 7.49. The molecule has 1 saturated heterocycles. The molecule has 0 unspecified atom stereocenters. The molecule has 120 valence electrons. The zero-order valence-electron chi connectivity index (χ0n) is 12.6. The fourth-order valence-electron chi connectivity index (χ4n) is 2.40. The molecule has 4 nitrogen and oxygen atoms in total. The average molecular weight is 393 g/mol. The lowest BCUT2D eigenvalue weighted by atomic mass is 10.2. The predicted octanol–water partition coefficient (Wildman–Crippen LogP) is 4.22. The van der Waals surface area contributed by atoms with Crippen LogP contribution in [0.2, 0.25) is 0 Å². The van der Waals surface area contributed by atoms with Gasteiger partial charge in [-0.2, -0.15) is 11.8 Å². The summed E-state index contributed by atoms with van der Waals surface area (Å²) in [6.45, 7) is 1.56. The zero-order valence-corrected chi connectivity index (χ0v) is 15.0. The van der Waals surface area contributed by atoms with Crippen molar-refractivity contribution in [1.29, 1.82) is 0 Å². The van der Waals surface area contributed by atoms with E-state index in [9.17, 15) is 4.79 Å². The number of halogens is 1. The Hall–Kier alpha value is -1.53. The van der Waals surface area contributed by atoms with Crippen molar-refractivity contribution in [3.05, 3.63) is 52.6 Å². The van der Waals surface area contributed by atoms with Crippen LogP contribution in [0.4, 0.5) is 0 Å². The molecule has 23 heavy (non-hydrogen) atoms. The van der Waals surface area contributed by atoms with E-state index in [1.54, 1.807) is 18.3 Å². The van der Waals surface area contributed by atoms with Crippen LogP contribution < -0.4 is 4.74 Å². The molecule has 0 spiro atoms. The Morgan fingerprint density at radius 1 is 1.22 bits per heavy atom. The highest BCUT2D eigenvalue weighted by Gasteiger charge is 2.21. The first-order chi connectivity index (χ1) is 11.2. The molecular weight excluding hydrogens is 376 g/mol. The number of hydrogen-bond acceptors (Lipinski definition) is 4. The third-order valence-corrected chi connectivity index (χ3v) is 5.06. The van der Waals surface area contributed by atoms with Crippen LogP contribution in [0.1, 0.15) is 16.8 Å². The molecule has 0 N–H and O–H groups in total. The Kier molecular flexibility index (Phi) is 5.56. The number of carbonyl (C=O) groups excluding carboxylic acids is 1. The summed E-state index contributed by atoms with van der Waals surface area (Å²) < 4.78 is 6.76. The van der Waals surface area contributed by atoms with Gasteiger partial charge in [0.15, 0.2) is 0 Å². The molecule has 2 aromatic rings. The summed E-state index contributed by atoms with van der Waals surface area (Å²) in [5, 5.41) is 0. The Labute approximate surface area is 148 Å². The number of carbonyl (C=O) groups is 1. The Bertz CT molecular complexity index is 688. The molecule has 6 heteroatoms. The predicted molar refractivity (Wildman–Crippen MR) is 96.3 cm³/mol. The van der Waals surface area contributed by atoms with Gasteiger partial charge in [-0.3, -0.25) is 4.79 Å². The second kappa shape index (κ2) is 7.84. The van der Waals surface area contributed by atoms with Gasteiger partial charge in [-0.15, -0.1) is 0 Å². The van der Waals surface area contributed by atoms with Crippen molar-refractivity contribution in [3.63, 3.8) is 0 Å². The van der Waals surface area contributed by atoms with E-state index in [0.29, 0.717) is 17.2 Å². The minimum atomic E-state index is -0.00871. The van der Waals surface area contributed by atoms with E-state index >= 15 is 0 Å². The third-order valence-electron chi connectivity index (χ3n) is 3.52. The van der Waals surface area contributed by atoms with Gasteiger partial charge in [0.25, 0.3) is 5.91 Å². The standard InChI is InChI=1S/C17H17BrN2O2S/c18-13-4-1-5-14(12-13)22-16-15(6-2-7-19-16)17(21)20-8-3-10-23-11-9-20/h1-2,4-7,12H,3,8-11H2. The lowest BCUT2D eigenvalue weighted by Crippen LogP contribution is -2.33. The Balaban J connectivity index is 1.83. The number of hydrogen-bond donors (Lipinski definition) is 0. The van der Waals surface area contributed by atoms with E-state index in [0.717, 1.165) is 35.5 Å². The zero-order chi connectivity index (χ0) is 16.1. The van der Waals surface area contributed by atoms with Gasteiger partial charge in [-0.05, 0) is 42.5 Å². The Morgan fingerprint density at radius 3 is 3.00 bits per heavy atom. The van der Waals surface area contributed by atoms with Crippen LogP contribution in [0.25, 0.3) is 0 Å². The number of aromatic nitrogens is 1. The second-order valence-corrected chi connectivity index (χ2v) is 7.31. The lowest BCUT2D eigenvalue weighted by molar-refractivity contribution is 0.0765. The van der Waals surface area contributed by atoms with Crippen LogP contribution in [0.3, 0.4) is 0 Å². The summed E-state index contributed by atoms with van der Waals surface area (Å²) in [5.41, 5.74) is 0.513. The molecule has 0 aliphatic carbocycles. The molecule has 0 radical (unpaired) electrons. The summed E-state index contributed by atoms with van der Waals surface area (Å²) >= 11 is 5.31. The van der Waals surface area contributed by atoms with Gasteiger partial charge in [-0.25, -0.2) is 4.98 Å². The maximum Gasteiger partial charge on any atom is 0.259 e. The van der Waals surface area contributed by atoms with Crippen molar-refractivity contribution in [2.45, 2.75) is 6.42 Å². The van der Waals surface area contributed by atoms with Crippen molar-refractivity contribution in [2.75, 3.05) is 24.6 Å². The molecule has 1 aromatic heterocycles. The number of nitrogens with zero attached hydrogens (tertiary/aromatic N) is 2. The van der Waals surface area contributed by atoms with Crippen LogP contribution in [0.5, 0.6) is 11.6 Å². The molecule has 0 saturated carbocycles. The number of benzene rings is 1. The van der Waals surface area contributed by atoms with E-state index in [1.807, 2.05) is 40.9 Å². The van der Waals surface area contributed by atoms with E-state index in [4.69, 9.17) is 4.74 Å². The average Bonchev–Trinajstić information content (AvgIpc) is 2.84. The highest BCUT2D eigenvalue weighted by Crippen LogP contribution is 2.26. The monoisotopic (exact) mass is 392 g/mol. The maximum absolute atomic E-state index is 12.8. The molecule has 0 atom stereocenters. The summed E-state index contributed by atoms with van der Waals surface area (Å²) in [6, 6.07) is 11.1. The number of rotatable bonds is 3. The van der Waals surface area contributed by atoms with Crippen LogP contribution in [0, 0.1) is 0 Å². The SMILES string of the molecule is O=C(c1cccnc1Oc1cccc(Br)c1)N1CCCSCC1. The van der Waals surface area contributed by atoms with Gasteiger partial charge in [0, 0.05) is 29.5 Å². The number of thioether (sulfide) groups is 1. The molecule has 0 bridgehead atoms. The molecule has 1 fully saturated rings. The van der Waals surface area contributed by atoms with E-state index in [2.05, 4.69) is 20.9 Å². The van der Waals surface area contributed by atoms with Crippen molar-refractivity contribution in [3.8, 4) is 11.6 Å². The van der Waals surface area contributed by atoms with Crippen molar-refractivity contribution < 1.29 is 9.53 Å². The number of pyridine rings is 1. The third kappa shape index (κ3) is 4.26. The van der Waals surface area contributed by atoms with Gasteiger partial charge >= 0.3 is 0 Å². The number of amides is 1. The van der Waals surface area contributed by atoms with Crippen molar-refractivity contribution in [1.82, 2.24) is 9.88 Å². The Morgan fingerprint density at radius 2 is 2.13 bits per heavy atom. The molecule has 1 aromatic carbocycles. The quantitative estimate of drug-likeness (QED) is 0.784.